The molecule has 152 valence electrons. The van der Waals surface area contributed by atoms with Crippen molar-refractivity contribution in [2.24, 2.45) is 0 Å². The van der Waals surface area contributed by atoms with Crippen LogP contribution in [0.5, 0.6) is 11.6 Å². The Hall–Kier alpha value is -3.65. The van der Waals surface area contributed by atoms with E-state index in [-0.39, 0.29) is 18.1 Å². The number of carbonyl (C=O) groups is 1. The lowest BCUT2D eigenvalue weighted by molar-refractivity contribution is -0.117. The van der Waals surface area contributed by atoms with E-state index in [0.717, 1.165) is 15.8 Å². The van der Waals surface area contributed by atoms with Crippen molar-refractivity contribution in [1.82, 2.24) is 19.2 Å². The number of nitrogens with zero attached hydrogens (tertiary/aromatic N) is 4. The fraction of sp³-hybridized carbons (Fsp3) is 0.143. The topological polar surface area (TPSA) is 90.5 Å². The van der Waals surface area contributed by atoms with E-state index in [1.54, 1.807) is 24.3 Å². The van der Waals surface area contributed by atoms with Gasteiger partial charge in [-0.3, -0.25) is 4.79 Å². The lowest BCUT2D eigenvalue weighted by Gasteiger charge is -2.08. The first-order chi connectivity index (χ1) is 14.4. The van der Waals surface area contributed by atoms with Gasteiger partial charge >= 0.3 is 5.69 Å². The predicted octanol–water partition coefficient (Wildman–Crippen LogP) is 3.59. The lowest BCUT2D eigenvalue weighted by atomic mass is 10.2. The summed E-state index contributed by atoms with van der Waals surface area (Å²) in [7, 11) is 0. The highest BCUT2D eigenvalue weighted by Crippen LogP contribution is 2.25. The molecule has 0 fully saturated rings. The van der Waals surface area contributed by atoms with Gasteiger partial charge in [0.25, 0.3) is 5.88 Å². The third-order valence-electron chi connectivity index (χ3n) is 4.54. The van der Waals surface area contributed by atoms with Crippen LogP contribution in [0.25, 0.3) is 5.65 Å². The van der Waals surface area contributed by atoms with Gasteiger partial charge in [0.05, 0.1) is 0 Å². The lowest BCUT2D eigenvalue weighted by Crippen LogP contribution is -2.28. The van der Waals surface area contributed by atoms with Crippen LogP contribution in [-0.2, 0) is 11.3 Å². The van der Waals surface area contributed by atoms with Crippen LogP contribution in [0.4, 0.5) is 5.69 Å². The number of hydrogen-bond acceptors (Lipinski definition) is 5. The highest BCUT2D eigenvalue weighted by Gasteiger charge is 2.16. The number of ether oxygens (including phenoxy) is 1. The molecule has 0 bridgehead atoms. The Balaban J connectivity index is 1.62. The van der Waals surface area contributed by atoms with Gasteiger partial charge in [-0.25, -0.2) is 18.9 Å². The first kappa shape index (κ1) is 19.7. The van der Waals surface area contributed by atoms with Crippen molar-refractivity contribution < 1.29 is 9.53 Å². The molecule has 0 aliphatic carbocycles. The van der Waals surface area contributed by atoms with Crippen LogP contribution in [-0.4, -0.2) is 25.1 Å². The van der Waals surface area contributed by atoms with Gasteiger partial charge in [-0.15, -0.1) is 5.10 Å². The number of rotatable bonds is 5. The molecule has 0 aliphatic rings. The molecule has 8 nitrogen and oxygen atoms in total. The molecule has 0 atom stereocenters. The van der Waals surface area contributed by atoms with Crippen molar-refractivity contribution in [3.63, 3.8) is 0 Å². The number of para-hydroxylation sites is 1. The second kappa shape index (κ2) is 8.00. The van der Waals surface area contributed by atoms with E-state index in [0.29, 0.717) is 16.5 Å². The Labute approximate surface area is 176 Å². The fourth-order valence-electron chi connectivity index (χ4n) is 2.93. The normalized spacial score (nSPS) is 10.9. The van der Waals surface area contributed by atoms with Gasteiger partial charge in [0, 0.05) is 23.1 Å². The molecule has 0 saturated carbocycles. The highest BCUT2D eigenvalue weighted by molar-refractivity contribution is 6.31. The number of anilines is 1. The van der Waals surface area contributed by atoms with Crippen molar-refractivity contribution >= 4 is 28.8 Å². The summed E-state index contributed by atoms with van der Waals surface area (Å²) in [5.41, 5.74) is 2.10. The number of nitrogens with one attached hydrogen (secondary N) is 1. The quantitative estimate of drug-likeness (QED) is 0.529. The van der Waals surface area contributed by atoms with Crippen LogP contribution < -0.4 is 15.7 Å². The smallest absolute Gasteiger partial charge is 0.351 e. The average molecular weight is 424 g/mol. The van der Waals surface area contributed by atoms with E-state index in [1.165, 1.54) is 16.8 Å². The molecule has 1 amide bonds. The number of aryl methyl sites for hydroxylation is 2. The van der Waals surface area contributed by atoms with Gasteiger partial charge in [-0.05, 0) is 43.2 Å². The zero-order chi connectivity index (χ0) is 21.3. The summed E-state index contributed by atoms with van der Waals surface area (Å²) in [5, 5.41) is 7.51. The minimum atomic E-state index is -0.472. The molecule has 1 N–H and O–H groups in total. The summed E-state index contributed by atoms with van der Waals surface area (Å²) < 4.78 is 8.22. The summed E-state index contributed by atoms with van der Waals surface area (Å²) in [6.07, 6.45) is 2.92. The molecule has 30 heavy (non-hydrogen) atoms. The monoisotopic (exact) mass is 423 g/mol. The van der Waals surface area contributed by atoms with Crippen LogP contribution >= 0.6 is 11.6 Å². The number of halogens is 1. The molecule has 4 aromatic rings. The Morgan fingerprint density at radius 3 is 2.77 bits per heavy atom. The summed E-state index contributed by atoms with van der Waals surface area (Å²) >= 11 is 5.99. The molecule has 0 saturated heterocycles. The molecule has 2 aromatic heterocycles. The molecular weight excluding hydrogens is 406 g/mol. The number of carbonyl (C=O) groups excluding carboxylic acids is 1. The predicted molar refractivity (Wildman–Crippen MR) is 113 cm³/mol. The van der Waals surface area contributed by atoms with Gasteiger partial charge in [0.1, 0.15) is 12.3 Å². The van der Waals surface area contributed by atoms with Crippen LogP contribution in [0.15, 0.2) is 59.7 Å². The fourth-order valence-corrected chi connectivity index (χ4v) is 3.10. The van der Waals surface area contributed by atoms with Crippen molar-refractivity contribution in [1.29, 1.82) is 0 Å². The number of hydrogen-bond donors (Lipinski definition) is 1. The molecule has 2 heterocycles. The van der Waals surface area contributed by atoms with E-state index in [2.05, 4.69) is 15.4 Å². The third kappa shape index (κ3) is 3.90. The van der Waals surface area contributed by atoms with E-state index < -0.39 is 11.6 Å². The Bertz CT molecular complexity index is 1310. The van der Waals surface area contributed by atoms with Gasteiger partial charge < -0.3 is 10.1 Å². The Kier molecular flexibility index (Phi) is 5.24. The van der Waals surface area contributed by atoms with E-state index in [4.69, 9.17) is 16.3 Å². The van der Waals surface area contributed by atoms with Crippen LogP contribution in [0, 0.1) is 13.8 Å². The van der Waals surface area contributed by atoms with Gasteiger partial charge in [-0.2, -0.15) is 0 Å². The second-order valence-electron chi connectivity index (χ2n) is 6.74. The Morgan fingerprint density at radius 1 is 1.17 bits per heavy atom. The molecule has 0 unspecified atom stereocenters. The third-order valence-corrected chi connectivity index (χ3v) is 4.77. The van der Waals surface area contributed by atoms with Crippen LogP contribution in [0.1, 0.15) is 11.1 Å². The second-order valence-corrected chi connectivity index (χ2v) is 7.18. The summed E-state index contributed by atoms with van der Waals surface area (Å²) in [4.78, 5) is 29.4. The van der Waals surface area contributed by atoms with Crippen molar-refractivity contribution in [3.8, 4) is 11.6 Å². The summed E-state index contributed by atoms with van der Waals surface area (Å²) in [6, 6.07) is 12.6. The van der Waals surface area contributed by atoms with Crippen molar-refractivity contribution in [3.05, 3.63) is 81.5 Å². The largest absolute Gasteiger partial charge is 0.436 e. The van der Waals surface area contributed by atoms with Crippen LogP contribution in [0.3, 0.4) is 0 Å². The molecular formula is C21H18ClN5O3. The maximum atomic E-state index is 12.7. The van der Waals surface area contributed by atoms with Crippen molar-refractivity contribution in [2.45, 2.75) is 20.4 Å². The maximum absolute atomic E-state index is 12.7. The van der Waals surface area contributed by atoms with Gasteiger partial charge in [-0.1, -0.05) is 35.9 Å². The number of aromatic nitrogens is 4. The maximum Gasteiger partial charge on any atom is 0.351 e. The zero-order valence-corrected chi connectivity index (χ0v) is 17.1. The van der Waals surface area contributed by atoms with Gasteiger partial charge in [0.2, 0.25) is 11.6 Å². The average Bonchev–Trinajstić information content (AvgIpc) is 3.03. The number of fused-ring (bicyclic) bond motifs is 1. The van der Waals surface area contributed by atoms with Crippen molar-refractivity contribution in [2.75, 3.05) is 5.32 Å². The molecule has 4 rings (SSSR count). The molecule has 0 aliphatic heterocycles. The SMILES string of the molecule is Cc1ccc(Cl)cc1NC(=O)Cn1nc2c(Oc3ccccc3C)nccn2c1=O. The number of amides is 1. The minimum Gasteiger partial charge on any atom is -0.436 e. The van der Waals surface area contributed by atoms with E-state index in [1.807, 2.05) is 32.0 Å². The van der Waals surface area contributed by atoms with Crippen LogP contribution in [0.2, 0.25) is 5.02 Å². The van der Waals surface area contributed by atoms with Gasteiger partial charge in [0.15, 0.2) is 0 Å². The highest BCUT2D eigenvalue weighted by atomic mass is 35.5. The molecule has 9 heteroatoms. The first-order valence-electron chi connectivity index (χ1n) is 9.16. The number of benzene rings is 2. The zero-order valence-electron chi connectivity index (χ0n) is 16.3. The first-order valence-corrected chi connectivity index (χ1v) is 9.54. The molecule has 0 spiro atoms. The Morgan fingerprint density at radius 2 is 1.97 bits per heavy atom. The van der Waals surface area contributed by atoms with E-state index in [9.17, 15) is 9.59 Å². The summed E-state index contributed by atoms with van der Waals surface area (Å²) in [5.74, 6) is 0.378. The minimum absolute atomic E-state index is 0.175. The summed E-state index contributed by atoms with van der Waals surface area (Å²) in [6.45, 7) is 3.49. The molecule has 2 aromatic carbocycles. The molecule has 0 radical (unpaired) electrons. The standard InChI is InChI=1S/C21H18ClN5O3/c1-13-7-8-15(22)11-16(13)24-18(28)12-27-21(29)26-10-9-23-20(19(26)25-27)30-17-6-4-3-5-14(17)2/h3-11H,12H2,1-2H3,(H,24,28). The van der Waals surface area contributed by atoms with E-state index >= 15 is 0 Å².